The van der Waals surface area contributed by atoms with E-state index in [1.807, 2.05) is 6.92 Å². The highest BCUT2D eigenvalue weighted by atomic mass is 32.2. The third kappa shape index (κ3) is 4.36. The van der Waals surface area contributed by atoms with Crippen molar-refractivity contribution in [2.75, 3.05) is 12.4 Å². The van der Waals surface area contributed by atoms with Crippen LogP contribution in [0, 0.1) is 11.7 Å². The van der Waals surface area contributed by atoms with Crippen LogP contribution >= 0.6 is 11.8 Å². The zero-order valence-electron chi connectivity index (χ0n) is 9.52. The molecule has 2 N–H and O–H groups in total. The molecule has 0 fully saturated rings. The van der Waals surface area contributed by atoms with Crippen molar-refractivity contribution in [1.82, 2.24) is 0 Å². The molecule has 94 valence electrons. The first kappa shape index (κ1) is 14.0. The molecule has 0 bridgehead atoms. The molecule has 0 saturated heterocycles. The Labute approximate surface area is 104 Å². The van der Waals surface area contributed by atoms with Gasteiger partial charge >= 0.3 is 5.97 Å². The van der Waals surface area contributed by atoms with Gasteiger partial charge in [0, 0.05) is 12.4 Å². The third-order valence-corrected chi connectivity index (χ3v) is 3.59. The van der Waals surface area contributed by atoms with Crippen LogP contribution in [0.1, 0.15) is 22.8 Å². The third-order valence-electron chi connectivity index (χ3n) is 2.27. The molecule has 1 unspecified atom stereocenters. The van der Waals surface area contributed by atoms with Crippen LogP contribution in [0.3, 0.4) is 0 Å². The fourth-order valence-electron chi connectivity index (χ4n) is 1.30. The van der Waals surface area contributed by atoms with Crippen LogP contribution in [0.4, 0.5) is 4.39 Å². The summed E-state index contributed by atoms with van der Waals surface area (Å²) < 4.78 is 12.9. The maximum absolute atomic E-state index is 12.9. The van der Waals surface area contributed by atoms with E-state index in [4.69, 9.17) is 10.2 Å². The quantitative estimate of drug-likeness (QED) is 0.822. The zero-order valence-corrected chi connectivity index (χ0v) is 10.3. The van der Waals surface area contributed by atoms with Crippen molar-refractivity contribution in [3.05, 3.63) is 35.1 Å². The maximum atomic E-state index is 12.9. The van der Waals surface area contributed by atoms with Crippen molar-refractivity contribution in [3.8, 4) is 0 Å². The van der Waals surface area contributed by atoms with E-state index in [9.17, 15) is 9.18 Å². The average molecular weight is 258 g/mol. The Balaban J connectivity index is 2.67. The molecule has 0 radical (unpaired) electrons. The van der Waals surface area contributed by atoms with Gasteiger partial charge in [-0.1, -0.05) is 13.0 Å². The van der Waals surface area contributed by atoms with Crippen molar-refractivity contribution in [2.45, 2.75) is 12.7 Å². The predicted octanol–water partition coefficient (Wildman–Crippen LogP) is 2.39. The Hall–Kier alpha value is -1.07. The van der Waals surface area contributed by atoms with Crippen LogP contribution in [-0.4, -0.2) is 28.5 Å². The molecule has 3 nitrogen and oxygen atoms in total. The number of carboxylic acid groups (broad SMARTS) is 1. The molecule has 17 heavy (non-hydrogen) atoms. The molecular formula is C12H15FO3S. The van der Waals surface area contributed by atoms with E-state index in [1.54, 1.807) is 0 Å². The fourth-order valence-corrected chi connectivity index (χ4v) is 2.39. The second-order valence-electron chi connectivity index (χ2n) is 3.91. The summed E-state index contributed by atoms with van der Waals surface area (Å²) in [4.78, 5) is 10.9. The minimum Gasteiger partial charge on any atom is -0.478 e. The van der Waals surface area contributed by atoms with E-state index in [2.05, 4.69) is 0 Å². The van der Waals surface area contributed by atoms with Gasteiger partial charge in [-0.15, -0.1) is 0 Å². The number of halogens is 1. The molecule has 0 spiro atoms. The Kier molecular flexibility index (Phi) is 5.44. The number of hydrogen-bond donors (Lipinski definition) is 2. The number of aromatic carboxylic acids is 1. The van der Waals surface area contributed by atoms with Crippen molar-refractivity contribution in [3.63, 3.8) is 0 Å². The van der Waals surface area contributed by atoms with Gasteiger partial charge < -0.3 is 10.2 Å². The van der Waals surface area contributed by atoms with Gasteiger partial charge in [-0.25, -0.2) is 9.18 Å². The lowest BCUT2D eigenvalue weighted by Crippen LogP contribution is -2.05. The van der Waals surface area contributed by atoms with Gasteiger partial charge in [0.05, 0.1) is 5.56 Å². The average Bonchev–Trinajstić information content (AvgIpc) is 2.30. The summed E-state index contributed by atoms with van der Waals surface area (Å²) in [6.07, 6.45) is 0. The highest BCUT2D eigenvalue weighted by Gasteiger charge is 2.11. The molecule has 0 aromatic heterocycles. The number of thioether (sulfide) groups is 1. The van der Waals surface area contributed by atoms with Crippen LogP contribution < -0.4 is 0 Å². The Bertz CT molecular complexity index is 395. The molecule has 0 heterocycles. The largest absolute Gasteiger partial charge is 0.478 e. The van der Waals surface area contributed by atoms with Gasteiger partial charge in [0.2, 0.25) is 0 Å². The molecular weight excluding hydrogens is 243 g/mol. The Morgan fingerprint density at radius 1 is 1.53 bits per heavy atom. The van der Waals surface area contributed by atoms with Crippen molar-refractivity contribution in [2.24, 2.45) is 5.92 Å². The lowest BCUT2D eigenvalue weighted by Gasteiger charge is -2.09. The maximum Gasteiger partial charge on any atom is 0.336 e. The lowest BCUT2D eigenvalue weighted by atomic mass is 10.1. The number of hydrogen-bond acceptors (Lipinski definition) is 3. The zero-order chi connectivity index (χ0) is 12.8. The minimum atomic E-state index is -1.12. The van der Waals surface area contributed by atoms with Gasteiger partial charge in [0.15, 0.2) is 0 Å². The predicted molar refractivity (Wildman–Crippen MR) is 65.8 cm³/mol. The van der Waals surface area contributed by atoms with E-state index in [0.717, 1.165) is 11.8 Å². The Morgan fingerprint density at radius 3 is 2.82 bits per heavy atom. The molecule has 1 aromatic carbocycles. The van der Waals surface area contributed by atoms with Crippen LogP contribution in [0.5, 0.6) is 0 Å². The second kappa shape index (κ2) is 6.61. The van der Waals surface area contributed by atoms with E-state index in [0.29, 0.717) is 11.3 Å². The van der Waals surface area contributed by atoms with Crippen molar-refractivity contribution in [1.29, 1.82) is 0 Å². The monoisotopic (exact) mass is 258 g/mol. The van der Waals surface area contributed by atoms with Gasteiger partial charge in [-0.3, -0.25) is 0 Å². The first-order chi connectivity index (χ1) is 8.04. The summed E-state index contributed by atoms with van der Waals surface area (Å²) in [6, 6.07) is 3.79. The van der Waals surface area contributed by atoms with Crippen LogP contribution in [-0.2, 0) is 5.75 Å². The first-order valence-electron chi connectivity index (χ1n) is 5.25. The molecule has 5 heteroatoms. The number of carbonyl (C=O) groups is 1. The summed E-state index contributed by atoms with van der Waals surface area (Å²) in [5.74, 6) is -0.233. The second-order valence-corrected chi connectivity index (χ2v) is 4.94. The topological polar surface area (TPSA) is 57.5 Å². The summed E-state index contributed by atoms with van der Waals surface area (Å²) in [5, 5.41) is 17.8. The standard InChI is InChI=1S/C12H15FO3S/c1-8(5-14)6-17-7-9-2-3-10(13)4-11(9)12(15)16/h2-4,8,14H,5-7H2,1H3,(H,15,16). The van der Waals surface area contributed by atoms with E-state index < -0.39 is 11.8 Å². The van der Waals surface area contributed by atoms with Gasteiger partial charge in [-0.2, -0.15) is 11.8 Å². The summed E-state index contributed by atoms with van der Waals surface area (Å²) >= 11 is 1.53. The smallest absolute Gasteiger partial charge is 0.336 e. The lowest BCUT2D eigenvalue weighted by molar-refractivity contribution is 0.0695. The number of aliphatic hydroxyl groups is 1. The molecule has 0 aliphatic carbocycles. The molecule has 1 atom stereocenters. The molecule has 1 aromatic rings. The molecule has 0 saturated carbocycles. The summed E-state index contributed by atoms with van der Waals surface area (Å²) in [6.45, 7) is 2.03. The van der Waals surface area contributed by atoms with Crippen molar-refractivity contribution >= 4 is 17.7 Å². The van der Waals surface area contributed by atoms with Gasteiger partial charge in [0.25, 0.3) is 0 Å². The van der Waals surface area contributed by atoms with Crippen LogP contribution in [0.15, 0.2) is 18.2 Å². The SMILES string of the molecule is CC(CO)CSCc1ccc(F)cc1C(=O)O. The molecule has 0 amide bonds. The Morgan fingerprint density at radius 2 is 2.24 bits per heavy atom. The number of carboxylic acids is 1. The molecule has 0 aliphatic rings. The number of aliphatic hydroxyl groups excluding tert-OH is 1. The van der Waals surface area contributed by atoms with Crippen LogP contribution in [0.2, 0.25) is 0 Å². The number of benzene rings is 1. The number of rotatable bonds is 6. The summed E-state index contributed by atoms with van der Waals surface area (Å²) in [5.41, 5.74) is 0.614. The fraction of sp³-hybridized carbons (Fsp3) is 0.417. The highest BCUT2D eigenvalue weighted by molar-refractivity contribution is 7.98. The van der Waals surface area contributed by atoms with Crippen molar-refractivity contribution < 1.29 is 19.4 Å². The minimum absolute atomic E-state index is 0.00847. The van der Waals surface area contributed by atoms with Gasteiger partial charge in [-0.05, 0) is 29.4 Å². The highest BCUT2D eigenvalue weighted by Crippen LogP contribution is 2.19. The molecule has 0 aliphatic heterocycles. The normalized spacial score (nSPS) is 12.4. The van der Waals surface area contributed by atoms with Gasteiger partial charge in [0.1, 0.15) is 5.82 Å². The van der Waals surface area contributed by atoms with Crippen LogP contribution in [0.25, 0.3) is 0 Å². The molecule has 1 rings (SSSR count). The van der Waals surface area contributed by atoms with E-state index >= 15 is 0 Å². The van der Waals surface area contributed by atoms with E-state index in [-0.39, 0.29) is 18.1 Å². The van der Waals surface area contributed by atoms with E-state index in [1.165, 1.54) is 23.9 Å². The first-order valence-corrected chi connectivity index (χ1v) is 6.40. The summed E-state index contributed by atoms with van der Waals surface area (Å²) in [7, 11) is 0.